The molecule has 5 heteroatoms. The average molecular weight is 591 g/mol. The van der Waals surface area contributed by atoms with Crippen LogP contribution in [-0.2, 0) is 9.13 Å². The molecular formula is C37H36O3P2. The highest BCUT2D eigenvalue weighted by molar-refractivity contribution is 7.83. The predicted molar refractivity (Wildman–Crippen MR) is 178 cm³/mol. The molecule has 5 aromatic rings. The van der Waals surface area contributed by atoms with Crippen LogP contribution in [0.3, 0.4) is 0 Å². The van der Waals surface area contributed by atoms with Crippen molar-refractivity contribution in [2.75, 3.05) is 6.16 Å². The number of rotatable bonds is 9. The normalized spacial score (nSPS) is 12.6. The Labute approximate surface area is 249 Å². The van der Waals surface area contributed by atoms with E-state index in [0.29, 0.717) is 26.8 Å². The minimum atomic E-state index is -3.67. The summed E-state index contributed by atoms with van der Waals surface area (Å²) >= 11 is 0. The van der Waals surface area contributed by atoms with Crippen LogP contribution in [0.25, 0.3) is 0 Å². The van der Waals surface area contributed by atoms with Gasteiger partial charge in [0.05, 0.1) is 5.66 Å². The summed E-state index contributed by atoms with van der Waals surface area (Å²) in [7, 11) is -7.12. The Hall–Kier alpha value is -3.77. The molecule has 3 nitrogen and oxygen atoms in total. The number of Topliss-reactive ketones (excluding diaryl/α,β-unsaturated/α-hetero) is 1. The third-order valence-corrected chi connectivity index (χ3v) is 14.8. The maximum atomic E-state index is 15.9. The molecule has 0 radical (unpaired) electrons. The number of carbonyl (C=O) groups excluding carboxylic acids is 1. The Kier molecular flexibility index (Phi) is 8.65. The van der Waals surface area contributed by atoms with Gasteiger partial charge in [-0.1, -0.05) is 150 Å². The van der Waals surface area contributed by atoms with E-state index in [1.807, 2.05) is 143 Å². The Morgan fingerprint density at radius 3 is 1.19 bits per heavy atom. The van der Waals surface area contributed by atoms with Gasteiger partial charge in [-0.3, -0.25) is 4.79 Å². The van der Waals surface area contributed by atoms with E-state index in [-0.39, 0.29) is 11.9 Å². The van der Waals surface area contributed by atoms with Gasteiger partial charge in [0.2, 0.25) is 0 Å². The maximum Gasteiger partial charge on any atom is 0.174 e. The lowest BCUT2D eigenvalue weighted by Crippen LogP contribution is -2.37. The monoisotopic (exact) mass is 590 g/mol. The first-order valence-corrected chi connectivity index (χ1v) is 17.8. The molecule has 5 rings (SSSR count). The largest absolute Gasteiger partial charge is 0.314 e. The van der Waals surface area contributed by atoms with Crippen molar-refractivity contribution in [2.45, 2.75) is 33.4 Å². The van der Waals surface area contributed by atoms with Crippen LogP contribution in [0.4, 0.5) is 0 Å². The molecule has 1 atom stereocenters. The van der Waals surface area contributed by atoms with E-state index in [1.54, 1.807) is 12.1 Å². The predicted octanol–water partition coefficient (Wildman–Crippen LogP) is 7.50. The number of ketones is 1. The molecule has 42 heavy (non-hydrogen) atoms. The first-order chi connectivity index (χ1) is 20.1. The Bertz CT molecular complexity index is 1670. The van der Waals surface area contributed by atoms with E-state index >= 15 is 9.13 Å². The molecule has 0 aliphatic rings. The second-order valence-electron chi connectivity index (χ2n) is 11.2. The summed E-state index contributed by atoms with van der Waals surface area (Å²) in [6, 6.07) is 39.5. The average Bonchev–Trinajstić information content (AvgIpc) is 3.01. The highest BCUT2D eigenvalue weighted by Gasteiger charge is 2.46. The minimum Gasteiger partial charge on any atom is -0.314 e. The fourth-order valence-electron chi connectivity index (χ4n) is 5.37. The van der Waals surface area contributed by atoms with Crippen molar-refractivity contribution in [3.63, 3.8) is 0 Å². The molecule has 0 amide bonds. The van der Waals surface area contributed by atoms with Crippen molar-refractivity contribution in [3.8, 4) is 0 Å². The molecular weight excluding hydrogens is 554 g/mol. The first kappa shape index (κ1) is 29.7. The van der Waals surface area contributed by atoms with Gasteiger partial charge in [-0.25, -0.2) is 0 Å². The highest BCUT2D eigenvalue weighted by Crippen LogP contribution is 2.56. The van der Waals surface area contributed by atoms with Crippen LogP contribution < -0.4 is 21.2 Å². The number of benzene rings is 5. The van der Waals surface area contributed by atoms with Crippen molar-refractivity contribution in [2.24, 2.45) is 0 Å². The number of hydrogen-bond donors (Lipinski definition) is 0. The topological polar surface area (TPSA) is 51.2 Å². The molecule has 0 aliphatic heterocycles. The molecule has 0 saturated carbocycles. The summed E-state index contributed by atoms with van der Waals surface area (Å²) in [4.78, 5) is 14.6. The van der Waals surface area contributed by atoms with Crippen LogP contribution >= 0.6 is 14.3 Å². The summed E-state index contributed by atoms with van der Waals surface area (Å²) in [5, 5.41) is 2.49. The molecule has 0 aliphatic carbocycles. The summed E-state index contributed by atoms with van der Waals surface area (Å²) in [5.41, 5.74) is 3.57. The zero-order valence-corrected chi connectivity index (χ0v) is 26.3. The maximum absolute atomic E-state index is 15.9. The quantitative estimate of drug-likeness (QED) is 0.132. The van der Waals surface area contributed by atoms with Crippen molar-refractivity contribution < 1.29 is 13.9 Å². The number of aryl methyl sites for hydroxylation is 4. The van der Waals surface area contributed by atoms with E-state index in [9.17, 15) is 4.79 Å². The lowest BCUT2D eigenvalue weighted by Gasteiger charge is -2.32. The molecule has 5 aromatic carbocycles. The van der Waals surface area contributed by atoms with Gasteiger partial charge < -0.3 is 9.13 Å². The number of carbonyl (C=O) groups is 1. The molecule has 0 N–H and O–H groups in total. The van der Waals surface area contributed by atoms with Gasteiger partial charge >= 0.3 is 0 Å². The zero-order valence-electron chi connectivity index (χ0n) is 24.5. The third-order valence-electron chi connectivity index (χ3n) is 7.97. The SMILES string of the molecule is Cc1ccc(P(=O)(CC(C(=O)c2ccccc2)P(=O)(c2ccc(C)cc2)c2ccc(C)cc2)c2ccc(C)cc2)cc1. The van der Waals surface area contributed by atoms with Gasteiger partial charge in [0.25, 0.3) is 0 Å². The first-order valence-electron chi connectivity index (χ1n) is 14.2. The van der Waals surface area contributed by atoms with Crippen molar-refractivity contribution in [1.29, 1.82) is 0 Å². The summed E-state index contributed by atoms with van der Waals surface area (Å²) in [5.74, 6) is -0.264. The summed E-state index contributed by atoms with van der Waals surface area (Å²) < 4.78 is 31.4. The second-order valence-corrected chi connectivity index (χ2v) is 17.0. The smallest absolute Gasteiger partial charge is 0.174 e. The fourth-order valence-corrected chi connectivity index (χ4v) is 12.3. The standard InChI is InChI=1S/C37H36O3P2/c1-27-10-18-32(19-11-27)41(39,33-20-12-28(2)13-21-33)26-36(37(38)31-8-6-5-7-9-31)42(40,34-22-14-29(3)15-23-34)35-24-16-30(4)17-25-35/h5-25,36H,26H2,1-4H3. The van der Waals surface area contributed by atoms with Crippen LogP contribution in [0.2, 0.25) is 0 Å². The Balaban J connectivity index is 1.79. The van der Waals surface area contributed by atoms with E-state index in [2.05, 4.69) is 0 Å². The van der Waals surface area contributed by atoms with Crippen LogP contribution in [0, 0.1) is 27.7 Å². The molecule has 0 saturated heterocycles. The van der Waals surface area contributed by atoms with Gasteiger partial charge in [-0.05, 0) is 27.7 Å². The molecule has 212 valence electrons. The highest BCUT2D eigenvalue weighted by atomic mass is 31.2. The van der Waals surface area contributed by atoms with Crippen molar-refractivity contribution in [1.82, 2.24) is 0 Å². The van der Waals surface area contributed by atoms with Crippen molar-refractivity contribution in [3.05, 3.63) is 155 Å². The lowest BCUT2D eigenvalue weighted by atomic mass is 10.1. The Morgan fingerprint density at radius 1 is 0.500 bits per heavy atom. The van der Waals surface area contributed by atoms with E-state index < -0.39 is 19.9 Å². The summed E-state index contributed by atoms with van der Waals surface area (Å²) in [6.45, 7) is 7.95. The molecule has 0 heterocycles. The lowest BCUT2D eigenvalue weighted by molar-refractivity contribution is 0.0992. The van der Waals surface area contributed by atoms with Crippen LogP contribution in [0.15, 0.2) is 127 Å². The van der Waals surface area contributed by atoms with Gasteiger partial charge in [0.15, 0.2) is 12.9 Å². The van der Waals surface area contributed by atoms with E-state index in [0.717, 1.165) is 22.3 Å². The second kappa shape index (κ2) is 12.2. The van der Waals surface area contributed by atoms with E-state index in [1.165, 1.54) is 0 Å². The Morgan fingerprint density at radius 2 is 0.833 bits per heavy atom. The molecule has 0 fully saturated rings. The third kappa shape index (κ3) is 5.91. The van der Waals surface area contributed by atoms with Crippen molar-refractivity contribution >= 4 is 41.3 Å². The number of hydrogen-bond acceptors (Lipinski definition) is 3. The molecule has 1 unspecified atom stereocenters. The fraction of sp³-hybridized carbons (Fsp3) is 0.162. The summed E-state index contributed by atoms with van der Waals surface area (Å²) in [6.07, 6.45) is -0.0636. The van der Waals surface area contributed by atoms with E-state index in [4.69, 9.17) is 0 Å². The van der Waals surface area contributed by atoms with Crippen LogP contribution in [0.1, 0.15) is 32.6 Å². The zero-order chi connectivity index (χ0) is 29.9. The van der Waals surface area contributed by atoms with Gasteiger partial charge in [0.1, 0.15) is 7.14 Å². The minimum absolute atomic E-state index is 0.0636. The van der Waals surface area contributed by atoms with Gasteiger partial charge in [0, 0.05) is 32.9 Å². The molecule has 0 aromatic heterocycles. The van der Waals surface area contributed by atoms with Gasteiger partial charge in [-0.2, -0.15) is 0 Å². The molecule has 0 bridgehead atoms. The van der Waals surface area contributed by atoms with Crippen LogP contribution in [-0.4, -0.2) is 17.6 Å². The van der Waals surface area contributed by atoms with Gasteiger partial charge in [-0.15, -0.1) is 0 Å². The molecule has 0 spiro atoms. The van der Waals surface area contributed by atoms with Crippen LogP contribution in [0.5, 0.6) is 0 Å².